The van der Waals surface area contributed by atoms with E-state index in [-0.39, 0.29) is 0 Å². The Morgan fingerprint density at radius 3 is 2.43 bits per heavy atom. The topological polar surface area (TPSA) is 21.3 Å². The minimum atomic E-state index is 0.556. The first-order valence-electron chi connectivity index (χ1n) is 7.66. The van der Waals surface area contributed by atoms with Gasteiger partial charge in [0.05, 0.1) is 11.6 Å². The van der Waals surface area contributed by atoms with Crippen molar-refractivity contribution in [2.75, 3.05) is 13.2 Å². The number of benzene rings is 2. The van der Waals surface area contributed by atoms with Crippen LogP contribution < -0.4 is 10.1 Å². The fraction of sp³-hybridized carbons (Fsp3) is 0.333. The van der Waals surface area contributed by atoms with Crippen LogP contribution in [0.3, 0.4) is 0 Å². The second kappa shape index (κ2) is 9.39. The largest absolute Gasteiger partial charge is 0.492 e. The van der Waals surface area contributed by atoms with E-state index in [1.165, 1.54) is 5.56 Å². The molecule has 124 valence electrons. The summed E-state index contributed by atoms with van der Waals surface area (Å²) in [6.45, 7) is 4.21. The van der Waals surface area contributed by atoms with Crippen molar-refractivity contribution in [2.24, 2.45) is 0 Å². The van der Waals surface area contributed by atoms with Crippen LogP contribution in [0, 0.1) is 0 Å². The molecule has 0 unspecified atom stereocenters. The third-order valence-electron chi connectivity index (χ3n) is 3.35. The summed E-state index contributed by atoms with van der Waals surface area (Å²) in [7, 11) is 0. The van der Waals surface area contributed by atoms with E-state index in [0.29, 0.717) is 23.2 Å². The van der Waals surface area contributed by atoms with E-state index in [0.717, 1.165) is 35.7 Å². The second-order valence-electron chi connectivity index (χ2n) is 5.28. The molecule has 23 heavy (non-hydrogen) atoms. The molecule has 0 aliphatic carbocycles. The molecule has 0 atom stereocenters. The van der Waals surface area contributed by atoms with E-state index in [4.69, 9.17) is 39.5 Å². The molecule has 2 rings (SSSR count). The highest BCUT2D eigenvalue weighted by Crippen LogP contribution is 2.32. The van der Waals surface area contributed by atoms with Crippen molar-refractivity contribution in [2.45, 2.75) is 26.3 Å². The molecule has 2 nitrogen and oxygen atoms in total. The lowest BCUT2D eigenvalue weighted by Gasteiger charge is -2.14. The number of halogens is 3. The Kier molecular flexibility index (Phi) is 7.51. The van der Waals surface area contributed by atoms with Crippen molar-refractivity contribution in [3.8, 4) is 5.75 Å². The summed E-state index contributed by atoms with van der Waals surface area (Å²) >= 11 is 18.2. The Morgan fingerprint density at radius 2 is 1.74 bits per heavy atom. The maximum Gasteiger partial charge on any atom is 0.142 e. The van der Waals surface area contributed by atoms with Gasteiger partial charge in [-0.1, -0.05) is 53.9 Å². The number of nitrogens with one attached hydrogen (secondary N) is 1. The van der Waals surface area contributed by atoms with Crippen molar-refractivity contribution in [1.82, 2.24) is 5.32 Å². The fourth-order valence-corrected chi connectivity index (χ4v) is 2.93. The third kappa shape index (κ3) is 5.89. The van der Waals surface area contributed by atoms with E-state index in [1.54, 1.807) is 6.07 Å². The standard InChI is InChI=1S/C18H20Cl3NO/c1-2-9-23-18-14(10-16(20)11-17(18)21)12-22-8-7-13-3-5-15(19)6-4-13/h3-6,10-11,22H,2,7-9,12H2,1H3. The van der Waals surface area contributed by atoms with Gasteiger partial charge in [-0.05, 0) is 49.2 Å². The average molecular weight is 373 g/mol. The summed E-state index contributed by atoms with van der Waals surface area (Å²) in [5, 5.41) is 5.34. The normalized spacial score (nSPS) is 10.8. The lowest BCUT2D eigenvalue weighted by molar-refractivity contribution is 0.313. The average Bonchev–Trinajstić information content (AvgIpc) is 2.52. The van der Waals surface area contributed by atoms with Gasteiger partial charge in [0.2, 0.25) is 0 Å². The maximum absolute atomic E-state index is 6.24. The Bertz CT molecular complexity index is 629. The lowest BCUT2D eigenvalue weighted by atomic mass is 10.1. The van der Waals surface area contributed by atoms with Crippen LogP contribution in [0.5, 0.6) is 5.75 Å². The van der Waals surface area contributed by atoms with Gasteiger partial charge in [0, 0.05) is 22.2 Å². The summed E-state index contributed by atoms with van der Waals surface area (Å²) in [5.41, 5.74) is 2.22. The zero-order chi connectivity index (χ0) is 16.7. The molecule has 0 heterocycles. The third-order valence-corrected chi connectivity index (χ3v) is 4.11. The number of hydrogen-bond acceptors (Lipinski definition) is 2. The molecule has 0 saturated carbocycles. The Morgan fingerprint density at radius 1 is 1.00 bits per heavy atom. The van der Waals surface area contributed by atoms with Crippen molar-refractivity contribution in [3.05, 3.63) is 62.6 Å². The Hall–Kier alpha value is -0.930. The molecule has 0 spiro atoms. The van der Waals surface area contributed by atoms with Crippen molar-refractivity contribution in [1.29, 1.82) is 0 Å². The van der Waals surface area contributed by atoms with Gasteiger partial charge in [-0.3, -0.25) is 0 Å². The van der Waals surface area contributed by atoms with Gasteiger partial charge in [0.15, 0.2) is 0 Å². The molecule has 0 aromatic heterocycles. The summed E-state index contributed by atoms with van der Waals surface area (Å²) in [6.07, 6.45) is 1.86. The molecule has 0 aliphatic rings. The highest BCUT2D eigenvalue weighted by atomic mass is 35.5. The highest BCUT2D eigenvalue weighted by molar-refractivity contribution is 6.35. The zero-order valence-electron chi connectivity index (χ0n) is 13.0. The SMILES string of the molecule is CCCOc1c(Cl)cc(Cl)cc1CNCCc1ccc(Cl)cc1. The van der Waals surface area contributed by atoms with E-state index >= 15 is 0 Å². The summed E-state index contributed by atoms with van der Waals surface area (Å²) in [5.74, 6) is 0.719. The van der Waals surface area contributed by atoms with E-state index in [9.17, 15) is 0 Å². The van der Waals surface area contributed by atoms with Gasteiger partial charge >= 0.3 is 0 Å². The molecule has 0 fully saturated rings. The lowest BCUT2D eigenvalue weighted by Crippen LogP contribution is -2.17. The first-order chi connectivity index (χ1) is 11.1. The van der Waals surface area contributed by atoms with Crippen LogP contribution in [-0.4, -0.2) is 13.2 Å². The molecule has 0 radical (unpaired) electrons. The van der Waals surface area contributed by atoms with Crippen LogP contribution in [0.25, 0.3) is 0 Å². The molecule has 0 amide bonds. The predicted molar refractivity (Wildman–Crippen MR) is 99.1 cm³/mol. The second-order valence-corrected chi connectivity index (χ2v) is 6.56. The Balaban J connectivity index is 1.92. The Labute approximate surface area is 152 Å². The van der Waals surface area contributed by atoms with Gasteiger partial charge in [0.1, 0.15) is 5.75 Å². The van der Waals surface area contributed by atoms with Gasteiger partial charge in [-0.25, -0.2) is 0 Å². The summed E-state index contributed by atoms with van der Waals surface area (Å²) < 4.78 is 5.76. The molecule has 0 bridgehead atoms. The molecule has 0 aliphatic heterocycles. The van der Waals surface area contributed by atoms with Gasteiger partial charge in [-0.15, -0.1) is 0 Å². The molecule has 2 aromatic rings. The maximum atomic E-state index is 6.24. The van der Waals surface area contributed by atoms with Crippen LogP contribution in [-0.2, 0) is 13.0 Å². The van der Waals surface area contributed by atoms with E-state index in [2.05, 4.69) is 12.2 Å². The smallest absolute Gasteiger partial charge is 0.142 e. The number of rotatable bonds is 8. The first-order valence-corrected chi connectivity index (χ1v) is 8.79. The highest BCUT2D eigenvalue weighted by Gasteiger charge is 2.10. The monoisotopic (exact) mass is 371 g/mol. The number of ether oxygens (including phenoxy) is 1. The predicted octanol–water partition coefficient (Wildman–Crippen LogP) is 5.77. The zero-order valence-corrected chi connectivity index (χ0v) is 15.3. The molecular weight excluding hydrogens is 353 g/mol. The van der Waals surface area contributed by atoms with Crippen LogP contribution in [0.2, 0.25) is 15.1 Å². The van der Waals surface area contributed by atoms with Gasteiger partial charge < -0.3 is 10.1 Å². The van der Waals surface area contributed by atoms with Crippen LogP contribution in [0.15, 0.2) is 36.4 Å². The van der Waals surface area contributed by atoms with Crippen molar-refractivity contribution < 1.29 is 4.74 Å². The molecule has 5 heteroatoms. The van der Waals surface area contributed by atoms with E-state index < -0.39 is 0 Å². The summed E-state index contributed by atoms with van der Waals surface area (Å²) in [4.78, 5) is 0. The van der Waals surface area contributed by atoms with Gasteiger partial charge in [0.25, 0.3) is 0 Å². The quantitative estimate of drug-likeness (QED) is 0.594. The summed E-state index contributed by atoms with van der Waals surface area (Å²) in [6, 6.07) is 11.5. The molecule has 1 N–H and O–H groups in total. The molecule has 2 aromatic carbocycles. The van der Waals surface area contributed by atoms with Crippen LogP contribution in [0.1, 0.15) is 24.5 Å². The van der Waals surface area contributed by atoms with E-state index in [1.807, 2.05) is 30.3 Å². The van der Waals surface area contributed by atoms with Crippen molar-refractivity contribution in [3.63, 3.8) is 0 Å². The minimum Gasteiger partial charge on any atom is -0.492 e. The number of hydrogen-bond donors (Lipinski definition) is 1. The fourth-order valence-electron chi connectivity index (χ4n) is 2.22. The molecular formula is C18H20Cl3NO. The van der Waals surface area contributed by atoms with Crippen LogP contribution >= 0.6 is 34.8 Å². The van der Waals surface area contributed by atoms with Gasteiger partial charge in [-0.2, -0.15) is 0 Å². The minimum absolute atomic E-state index is 0.556. The molecule has 0 saturated heterocycles. The first kappa shape index (κ1) is 18.4. The van der Waals surface area contributed by atoms with Crippen molar-refractivity contribution >= 4 is 34.8 Å². The van der Waals surface area contributed by atoms with Crippen LogP contribution in [0.4, 0.5) is 0 Å².